The lowest BCUT2D eigenvalue weighted by Gasteiger charge is -2.32. The number of carbonyl (C=O) groups excluding carboxylic acids is 1. The molecule has 9 heteroatoms. The van der Waals surface area contributed by atoms with Crippen LogP contribution in [-0.2, 0) is 11.2 Å². The zero-order chi connectivity index (χ0) is 17.9. The van der Waals surface area contributed by atoms with Crippen LogP contribution in [0.1, 0.15) is 36.9 Å². The van der Waals surface area contributed by atoms with Gasteiger partial charge in [0.2, 0.25) is 5.88 Å². The zero-order valence-electron chi connectivity index (χ0n) is 14.6. The second-order valence-electron chi connectivity index (χ2n) is 6.44. The smallest absolute Gasteiger partial charge is 0.260 e. The lowest BCUT2D eigenvalue weighted by molar-refractivity contribution is -0.134. The Hall–Kier alpha value is -2.97. The molecule has 0 unspecified atom stereocenters. The van der Waals surface area contributed by atoms with Gasteiger partial charge in [-0.3, -0.25) is 9.89 Å². The number of rotatable bonds is 5. The summed E-state index contributed by atoms with van der Waals surface area (Å²) >= 11 is 0. The molecule has 1 aliphatic rings. The predicted octanol–water partition coefficient (Wildman–Crippen LogP) is 1.19. The summed E-state index contributed by atoms with van der Waals surface area (Å²) in [6.45, 7) is 3.53. The Morgan fingerprint density at radius 2 is 2.35 bits per heavy atom. The van der Waals surface area contributed by atoms with Crippen LogP contribution in [0, 0.1) is 0 Å². The van der Waals surface area contributed by atoms with E-state index in [-0.39, 0.29) is 12.5 Å². The minimum absolute atomic E-state index is 0.0297. The van der Waals surface area contributed by atoms with Crippen LogP contribution in [0.3, 0.4) is 0 Å². The number of nitrogens with one attached hydrogen (secondary N) is 1. The maximum Gasteiger partial charge on any atom is 0.260 e. The van der Waals surface area contributed by atoms with Gasteiger partial charge in [-0.2, -0.15) is 9.61 Å². The molecule has 4 heterocycles. The lowest BCUT2D eigenvalue weighted by Crippen LogP contribution is -2.41. The fraction of sp³-hybridized carbons (Fsp3) is 0.471. The summed E-state index contributed by atoms with van der Waals surface area (Å²) < 4.78 is 7.09. The number of aromatic amines is 1. The molecular weight excluding hydrogens is 334 g/mol. The second kappa shape index (κ2) is 7.11. The number of carbonyl (C=O) groups is 1. The Morgan fingerprint density at radius 1 is 1.42 bits per heavy atom. The van der Waals surface area contributed by atoms with Gasteiger partial charge in [-0.25, -0.2) is 0 Å². The van der Waals surface area contributed by atoms with Crippen molar-refractivity contribution in [2.24, 2.45) is 0 Å². The first-order valence-electron chi connectivity index (χ1n) is 8.84. The molecule has 3 aromatic heterocycles. The molecule has 1 N–H and O–H groups in total. The normalized spacial score (nSPS) is 17.6. The van der Waals surface area contributed by atoms with Crippen LogP contribution < -0.4 is 4.74 Å². The van der Waals surface area contributed by atoms with Gasteiger partial charge in [0.05, 0.1) is 6.20 Å². The number of aryl methyl sites for hydroxylation is 1. The molecule has 4 rings (SSSR count). The van der Waals surface area contributed by atoms with E-state index in [0.29, 0.717) is 24.0 Å². The van der Waals surface area contributed by atoms with Gasteiger partial charge in [-0.05, 0) is 30.9 Å². The number of hydrogen-bond donors (Lipinski definition) is 1. The average molecular weight is 355 g/mol. The molecule has 1 amide bonds. The van der Waals surface area contributed by atoms with E-state index < -0.39 is 0 Å². The van der Waals surface area contributed by atoms with Crippen molar-refractivity contribution < 1.29 is 9.53 Å². The van der Waals surface area contributed by atoms with E-state index in [2.05, 4.69) is 32.4 Å². The lowest BCUT2D eigenvalue weighted by atomic mass is 9.92. The van der Waals surface area contributed by atoms with Gasteiger partial charge in [-0.15, -0.1) is 15.3 Å². The largest absolute Gasteiger partial charge is 0.467 e. The summed E-state index contributed by atoms with van der Waals surface area (Å²) in [7, 11) is 0. The fourth-order valence-corrected chi connectivity index (χ4v) is 3.41. The van der Waals surface area contributed by atoms with E-state index in [9.17, 15) is 4.79 Å². The van der Waals surface area contributed by atoms with Gasteiger partial charge < -0.3 is 9.64 Å². The molecule has 0 aliphatic carbocycles. The minimum atomic E-state index is -0.0308. The summed E-state index contributed by atoms with van der Waals surface area (Å²) in [5.41, 5.74) is 3.02. The molecule has 1 atom stereocenters. The molecule has 3 aromatic rings. The topological polar surface area (TPSA) is 101 Å². The van der Waals surface area contributed by atoms with Crippen molar-refractivity contribution >= 4 is 11.6 Å². The van der Waals surface area contributed by atoms with Gasteiger partial charge >= 0.3 is 0 Å². The Labute approximate surface area is 150 Å². The zero-order valence-corrected chi connectivity index (χ0v) is 14.6. The fourth-order valence-electron chi connectivity index (χ4n) is 3.41. The molecule has 26 heavy (non-hydrogen) atoms. The monoisotopic (exact) mass is 355 g/mol. The quantitative estimate of drug-likeness (QED) is 0.738. The highest BCUT2D eigenvalue weighted by Gasteiger charge is 2.27. The van der Waals surface area contributed by atoms with Gasteiger partial charge in [0.15, 0.2) is 12.3 Å². The average Bonchev–Trinajstić information content (AvgIpc) is 3.34. The molecule has 0 aromatic carbocycles. The van der Waals surface area contributed by atoms with Gasteiger partial charge in [0, 0.05) is 30.8 Å². The second-order valence-corrected chi connectivity index (χ2v) is 6.44. The van der Waals surface area contributed by atoms with Crippen molar-refractivity contribution in [2.45, 2.75) is 32.1 Å². The first-order chi connectivity index (χ1) is 12.7. The van der Waals surface area contributed by atoms with E-state index >= 15 is 0 Å². The maximum atomic E-state index is 12.6. The van der Waals surface area contributed by atoms with Crippen molar-refractivity contribution in [3.05, 3.63) is 35.9 Å². The molecule has 0 spiro atoms. The van der Waals surface area contributed by atoms with E-state index in [1.165, 1.54) is 16.4 Å². The van der Waals surface area contributed by atoms with Crippen LogP contribution in [0.2, 0.25) is 0 Å². The minimum Gasteiger partial charge on any atom is -0.467 e. The SMILES string of the molecule is CCc1cn[nH]c1[C@@H]1CCCN(C(=O)COc2ccc3nncn3n2)C1. The van der Waals surface area contributed by atoms with E-state index in [0.717, 1.165) is 31.5 Å². The van der Waals surface area contributed by atoms with Crippen molar-refractivity contribution in [1.82, 2.24) is 34.9 Å². The highest BCUT2D eigenvalue weighted by Crippen LogP contribution is 2.28. The van der Waals surface area contributed by atoms with Crippen LogP contribution >= 0.6 is 0 Å². The van der Waals surface area contributed by atoms with Gasteiger partial charge in [0.25, 0.3) is 5.91 Å². The molecule has 1 fully saturated rings. The van der Waals surface area contributed by atoms with E-state index in [4.69, 9.17) is 4.74 Å². The van der Waals surface area contributed by atoms with Crippen molar-refractivity contribution in [2.75, 3.05) is 19.7 Å². The van der Waals surface area contributed by atoms with E-state index in [1.807, 2.05) is 11.1 Å². The van der Waals surface area contributed by atoms with Crippen molar-refractivity contribution in [3.8, 4) is 5.88 Å². The van der Waals surface area contributed by atoms with Crippen LogP contribution in [0.15, 0.2) is 24.7 Å². The molecule has 136 valence electrons. The molecule has 0 radical (unpaired) electrons. The highest BCUT2D eigenvalue weighted by molar-refractivity contribution is 5.78. The summed E-state index contributed by atoms with van der Waals surface area (Å²) in [5.74, 6) is 0.649. The third kappa shape index (κ3) is 3.24. The number of piperidine rings is 1. The van der Waals surface area contributed by atoms with Crippen molar-refractivity contribution in [1.29, 1.82) is 0 Å². The predicted molar refractivity (Wildman–Crippen MR) is 92.8 cm³/mol. The highest BCUT2D eigenvalue weighted by atomic mass is 16.5. The Kier molecular flexibility index (Phi) is 4.51. The summed E-state index contributed by atoms with van der Waals surface area (Å²) in [4.78, 5) is 14.4. The first-order valence-corrected chi connectivity index (χ1v) is 8.84. The number of hydrogen-bond acceptors (Lipinski definition) is 6. The number of fused-ring (bicyclic) bond motifs is 1. The summed E-state index contributed by atoms with van der Waals surface area (Å²) in [6.07, 6.45) is 6.35. The first kappa shape index (κ1) is 16.5. The maximum absolute atomic E-state index is 12.6. The third-order valence-electron chi connectivity index (χ3n) is 4.80. The molecule has 0 bridgehead atoms. The Bertz CT molecular complexity index is 903. The number of amides is 1. The molecular formula is C17H21N7O2. The molecule has 9 nitrogen and oxygen atoms in total. The van der Waals surface area contributed by atoms with Gasteiger partial charge in [0.1, 0.15) is 6.33 Å². The number of likely N-dealkylation sites (tertiary alicyclic amines) is 1. The van der Waals surface area contributed by atoms with Gasteiger partial charge in [-0.1, -0.05) is 6.92 Å². The number of ether oxygens (including phenoxy) is 1. The summed E-state index contributed by atoms with van der Waals surface area (Å²) in [5, 5.41) is 19.1. The number of aromatic nitrogens is 6. The van der Waals surface area contributed by atoms with Crippen LogP contribution in [0.5, 0.6) is 5.88 Å². The number of H-pyrrole nitrogens is 1. The Balaban J connectivity index is 1.38. The third-order valence-corrected chi connectivity index (χ3v) is 4.80. The summed E-state index contributed by atoms with van der Waals surface area (Å²) in [6, 6.07) is 3.44. The van der Waals surface area contributed by atoms with Crippen molar-refractivity contribution in [3.63, 3.8) is 0 Å². The Morgan fingerprint density at radius 3 is 3.23 bits per heavy atom. The number of nitrogens with zero attached hydrogens (tertiary/aromatic N) is 6. The molecule has 0 saturated carbocycles. The molecule has 1 aliphatic heterocycles. The van der Waals surface area contributed by atoms with E-state index in [1.54, 1.807) is 12.1 Å². The molecule has 1 saturated heterocycles. The van der Waals surface area contributed by atoms with Crippen LogP contribution in [0.25, 0.3) is 5.65 Å². The van der Waals surface area contributed by atoms with Crippen LogP contribution in [0.4, 0.5) is 0 Å². The van der Waals surface area contributed by atoms with Crippen LogP contribution in [-0.4, -0.2) is 60.5 Å². The standard InChI is InChI=1S/C17H21N7O2/c1-2-12-8-18-21-17(12)13-4-3-7-23(9-13)16(25)10-26-15-6-5-14-20-19-11-24(14)22-15/h5-6,8,11,13H,2-4,7,9-10H2,1H3,(H,18,21)/t13-/m1/s1.